The van der Waals surface area contributed by atoms with Crippen molar-refractivity contribution < 1.29 is 14.3 Å². The quantitative estimate of drug-likeness (QED) is 0.658. The molecule has 0 radical (unpaired) electrons. The van der Waals surface area contributed by atoms with E-state index in [1.807, 2.05) is 36.4 Å². The van der Waals surface area contributed by atoms with Gasteiger partial charge in [-0.05, 0) is 29.3 Å². The molecule has 22 heavy (non-hydrogen) atoms. The van der Waals surface area contributed by atoms with Gasteiger partial charge in [-0.25, -0.2) is 5.43 Å². The Kier molecular flexibility index (Phi) is 5.54. The van der Waals surface area contributed by atoms with Crippen LogP contribution < -0.4 is 14.9 Å². The van der Waals surface area contributed by atoms with E-state index in [2.05, 4.69) is 10.5 Å². The molecule has 0 atom stereocenters. The molecule has 0 saturated heterocycles. The summed E-state index contributed by atoms with van der Waals surface area (Å²) in [6.45, 7) is 0. The van der Waals surface area contributed by atoms with Gasteiger partial charge in [0.1, 0.15) is 0 Å². The van der Waals surface area contributed by atoms with Crippen LogP contribution in [0, 0.1) is 0 Å². The van der Waals surface area contributed by atoms with Gasteiger partial charge in [-0.1, -0.05) is 30.3 Å². The van der Waals surface area contributed by atoms with Gasteiger partial charge in [0.2, 0.25) is 5.91 Å². The summed E-state index contributed by atoms with van der Waals surface area (Å²) in [7, 11) is 3.15. The molecule has 0 spiro atoms. The van der Waals surface area contributed by atoms with Gasteiger partial charge in [-0.3, -0.25) is 4.79 Å². The van der Waals surface area contributed by atoms with Crippen molar-refractivity contribution >= 4 is 12.1 Å². The number of hydrogen-bond acceptors (Lipinski definition) is 4. The van der Waals surface area contributed by atoms with Crippen molar-refractivity contribution in [2.24, 2.45) is 5.10 Å². The second kappa shape index (κ2) is 7.83. The van der Waals surface area contributed by atoms with E-state index < -0.39 is 0 Å². The lowest BCUT2D eigenvalue weighted by molar-refractivity contribution is -0.120. The van der Waals surface area contributed by atoms with E-state index in [-0.39, 0.29) is 5.91 Å². The van der Waals surface area contributed by atoms with Crippen LogP contribution in [0.4, 0.5) is 0 Å². The molecule has 0 aliphatic rings. The monoisotopic (exact) mass is 298 g/mol. The highest BCUT2D eigenvalue weighted by Crippen LogP contribution is 2.26. The minimum Gasteiger partial charge on any atom is -0.493 e. The number of amides is 1. The number of hydrogen-bond donors (Lipinski definition) is 1. The van der Waals surface area contributed by atoms with Crippen LogP contribution in [-0.4, -0.2) is 26.3 Å². The summed E-state index contributed by atoms with van der Waals surface area (Å²) in [5, 5.41) is 3.95. The first kappa shape index (κ1) is 15.6. The Morgan fingerprint density at radius 2 is 1.82 bits per heavy atom. The molecule has 0 bridgehead atoms. The zero-order valence-electron chi connectivity index (χ0n) is 12.6. The van der Waals surface area contributed by atoms with Gasteiger partial charge < -0.3 is 9.47 Å². The van der Waals surface area contributed by atoms with Crippen LogP contribution in [0.2, 0.25) is 0 Å². The van der Waals surface area contributed by atoms with Crippen LogP contribution in [-0.2, 0) is 11.2 Å². The molecule has 114 valence electrons. The van der Waals surface area contributed by atoms with Crippen LogP contribution >= 0.6 is 0 Å². The summed E-state index contributed by atoms with van der Waals surface area (Å²) >= 11 is 0. The number of benzene rings is 2. The van der Waals surface area contributed by atoms with Crippen LogP contribution in [0.3, 0.4) is 0 Å². The van der Waals surface area contributed by atoms with Gasteiger partial charge >= 0.3 is 0 Å². The highest BCUT2D eigenvalue weighted by atomic mass is 16.5. The molecule has 0 aromatic heterocycles. The Morgan fingerprint density at radius 1 is 1.09 bits per heavy atom. The molecule has 1 N–H and O–H groups in total. The third kappa shape index (κ3) is 4.34. The molecule has 1 amide bonds. The van der Waals surface area contributed by atoms with Gasteiger partial charge in [-0.2, -0.15) is 5.10 Å². The maximum atomic E-state index is 11.8. The predicted octanol–water partition coefficient (Wildman–Crippen LogP) is 2.40. The van der Waals surface area contributed by atoms with E-state index in [4.69, 9.17) is 9.47 Å². The van der Waals surface area contributed by atoms with Gasteiger partial charge in [0.05, 0.1) is 26.9 Å². The van der Waals surface area contributed by atoms with Crippen LogP contribution in [0.1, 0.15) is 11.1 Å². The molecular formula is C17H18N2O3. The molecule has 0 unspecified atom stereocenters. The second-order valence-corrected chi connectivity index (χ2v) is 4.57. The van der Waals surface area contributed by atoms with Gasteiger partial charge in [-0.15, -0.1) is 0 Å². The smallest absolute Gasteiger partial charge is 0.244 e. The van der Waals surface area contributed by atoms with E-state index in [0.717, 1.165) is 11.1 Å². The topological polar surface area (TPSA) is 59.9 Å². The van der Waals surface area contributed by atoms with Crippen LogP contribution in [0.25, 0.3) is 0 Å². The zero-order chi connectivity index (χ0) is 15.8. The lowest BCUT2D eigenvalue weighted by Crippen LogP contribution is -2.19. The Balaban J connectivity index is 1.93. The number of nitrogens with zero attached hydrogens (tertiary/aromatic N) is 1. The van der Waals surface area contributed by atoms with E-state index >= 15 is 0 Å². The number of hydrazone groups is 1. The van der Waals surface area contributed by atoms with Gasteiger partial charge in [0, 0.05) is 0 Å². The fraction of sp³-hybridized carbons (Fsp3) is 0.176. The first-order valence-electron chi connectivity index (χ1n) is 6.81. The van der Waals surface area contributed by atoms with E-state index in [0.29, 0.717) is 17.9 Å². The van der Waals surface area contributed by atoms with E-state index in [9.17, 15) is 4.79 Å². The highest BCUT2D eigenvalue weighted by Gasteiger charge is 2.04. The maximum absolute atomic E-state index is 11.8. The molecule has 0 saturated carbocycles. The van der Waals surface area contributed by atoms with E-state index in [1.54, 1.807) is 32.6 Å². The summed E-state index contributed by atoms with van der Waals surface area (Å²) in [6, 6.07) is 14.9. The largest absolute Gasteiger partial charge is 0.493 e. The van der Waals surface area contributed by atoms with Crippen molar-refractivity contribution in [3.8, 4) is 11.5 Å². The average molecular weight is 298 g/mol. The minimum atomic E-state index is -0.164. The Labute approximate surface area is 129 Å². The summed E-state index contributed by atoms with van der Waals surface area (Å²) in [4.78, 5) is 11.8. The number of carbonyl (C=O) groups is 1. The maximum Gasteiger partial charge on any atom is 0.244 e. The molecule has 5 nitrogen and oxygen atoms in total. The first-order valence-corrected chi connectivity index (χ1v) is 6.81. The van der Waals surface area contributed by atoms with Crippen molar-refractivity contribution in [1.29, 1.82) is 0 Å². The molecule has 0 fully saturated rings. The van der Waals surface area contributed by atoms with Crippen molar-refractivity contribution in [2.75, 3.05) is 14.2 Å². The fourth-order valence-electron chi connectivity index (χ4n) is 1.93. The number of ether oxygens (including phenoxy) is 2. The molecule has 0 heterocycles. The summed E-state index contributed by atoms with van der Waals surface area (Å²) in [5.74, 6) is 1.10. The first-order chi connectivity index (χ1) is 10.7. The predicted molar refractivity (Wildman–Crippen MR) is 85.4 cm³/mol. The summed E-state index contributed by atoms with van der Waals surface area (Å²) in [5.41, 5.74) is 4.25. The standard InChI is InChI=1S/C17H18N2O3/c1-21-15-9-8-14(10-16(15)22-2)12-18-19-17(20)11-13-6-4-3-5-7-13/h3-10,12H,11H2,1-2H3,(H,19,20). The van der Waals surface area contributed by atoms with Crippen LogP contribution in [0.5, 0.6) is 11.5 Å². The lowest BCUT2D eigenvalue weighted by atomic mass is 10.1. The molecular weight excluding hydrogens is 280 g/mol. The molecule has 2 aromatic carbocycles. The molecule has 2 rings (SSSR count). The van der Waals surface area contributed by atoms with Crippen molar-refractivity contribution in [3.63, 3.8) is 0 Å². The molecule has 5 heteroatoms. The van der Waals surface area contributed by atoms with Gasteiger partial charge in [0.25, 0.3) is 0 Å². The van der Waals surface area contributed by atoms with Crippen molar-refractivity contribution in [1.82, 2.24) is 5.43 Å². The SMILES string of the molecule is COc1ccc(C=NNC(=O)Cc2ccccc2)cc1OC. The van der Waals surface area contributed by atoms with Crippen molar-refractivity contribution in [2.45, 2.75) is 6.42 Å². The molecule has 0 aliphatic heterocycles. The molecule has 2 aromatic rings. The Hall–Kier alpha value is -2.82. The normalized spacial score (nSPS) is 10.5. The van der Waals surface area contributed by atoms with Crippen molar-refractivity contribution in [3.05, 3.63) is 59.7 Å². The number of rotatable bonds is 6. The minimum absolute atomic E-state index is 0.164. The summed E-state index contributed by atoms with van der Waals surface area (Å²) in [6.07, 6.45) is 1.86. The number of methoxy groups -OCH3 is 2. The fourth-order valence-corrected chi connectivity index (χ4v) is 1.93. The van der Waals surface area contributed by atoms with E-state index in [1.165, 1.54) is 0 Å². The number of nitrogens with one attached hydrogen (secondary N) is 1. The Bertz CT molecular complexity index is 654. The number of carbonyl (C=O) groups excluding carboxylic acids is 1. The summed E-state index contributed by atoms with van der Waals surface area (Å²) < 4.78 is 10.4. The second-order valence-electron chi connectivity index (χ2n) is 4.57. The third-order valence-corrected chi connectivity index (χ3v) is 3.02. The highest BCUT2D eigenvalue weighted by molar-refractivity contribution is 5.84. The van der Waals surface area contributed by atoms with Crippen LogP contribution in [0.15, 0.2) is 53.6 Å². The molecule has 0 aliphatic carbocycles. The zero-order valence-corrected chi connectivity index (χ0v) is 12.6. The average Bonchev–Trinajstić information content (AvgIpc) is 2.55. The third-order valence-electron chi connectivity index (χ3n) is 3.02. The lowest BCUT2D eigenvalue weighted by Gasteiger charge is -2.07. The van der Waals surface area contributed by atoms with Gasteiger partial charge in [0.15, 0.2) is 11.5 Å². The Morgan fingerprint density at radius 3 is 2.50 bits per heavy atom.